The van der Waals surface area contributed by atoms with Gasteiger partial charge in [0.1, 0.15) is 11.5 Å². The molecule has 0 aliphatic heterocycles. The maximum Gasteiger partial charge on any atom is 0.273 e. The van der Waals surface area contributed by atoms with Crippen molar-refractivity contribution >= 4 is 17.5 Å². The number of ether oxygens (including phenoxy) is 2. The molecule has 0 bridgehead atoms. The zero-order chi connectivity index (χ0) is 17.7. The Morgan fingerprint density at radius 2 is 1.88 bits per heavy atom. The van der Waals surface area contributed by atoms with E-state index in [0.717, 1.165) is 0 Å². The summed E-state index contributed by atoms with van der Waals surface area (Å²) in [6.45, 7) is 1.63. The molecule has 0 unspecified atom stereocenters. The van der Waals surface area contributed by atoms with Gasteiger partial charge in [-0.2, -0.15) is 0 Å². The van der Waals surface area contributed by atoms with E-state index in [2.05, 4.69) is 0 Å². The molecule has 0 N–H and O–H groups in total. The Morgan fingerprint density at radius 3 is 2.50 bits per heavy atom. The summed E-state index contributed by atoms with van der Waals surface area (Å²) in [6.07, 6.45) is 2.95. The van der Waals surface area contributed by atoms with Gasteiger partial charge in [-0.15, -0.1) is 0 Å². The molecule has 0 aliphatic rings. The van der Waals surface area contributed by atoms with Crippen LogP contribution in [0.1, 0.15) is 21.5 Å². The number of nitro benzene ring substituents is 1. The third-order valence-corrected chi connectivity index (χ3v) is 3.54. The number of hydrogen-bond acceptors (Lipinski definition) is 5. The second kappa shape index (κ2) is 7.41. The monoisotopic (exact) mass is 327 g/mol. The molecule has 124 valence electrons. The van der Waals surface area contributed by atoms with Crippen molar-refractivity contribution in [3.63, 3.8) is 0 Å². The second-order valence-electron chi connectivity index (χ2n) is 5.06. The molecular weight excluding hydrogens is 310 g/mol. The molecule has 0 heterocycles. The van der Waals surface area contributed by atoms with Crippen molar-refractivity contribution in [1.29, 1.82) is 0 Å². The van der Waals surface area contributed by atoms with Gasteiger partial charge in [-0.3, -0.25) is 14.9 Å². The van der Waals surface area contributed by atoms with Gasteiger partial charge in [0.25, 0.3) is 5.69 Å². The van der Waals surface area contributed by atoms with Crippen LogP contribution in [0.15, 0.2) is 42.5 Å². The third-order valence-electron chi connectivity index (χ3n) is 3.54. The first-order valence-corrected chi connectivity index (χ1v) is 7.15. The van der Waals surface area contributed by atoms with E-state index < -0.39 is 4.92 Å². The number of nitro groups is 1. The lowest BCUT2D eigenvalue weighted by Crippen LogP contribution is -1.98. The molecule has 0 spiro atoms. The molecule has 2 rings (SSSR count). The highest BCUT2D eigenvalue weighted by molar-refractivity contribution is 6.07. The normalized spacial score (nSPS) is 10.6. The minimum atomic E-state index is -0.499. The number of methoxy groups -OCH3 is 2. The molecular formula is C18H17NO5. The van der Waals surface area contributed by atoms with E-state index in [1.165, 1.54) is 19.3 Å². The summed E-state index contributed by atoms with van der Waals surface area (Å²) in [7, 11) is 3.08. The summed E-state index contributed by atoms with van der Waals surface area (Å²) in [4.78, 5) is 22.8. The van der Waals surface area contributed by atoms with Gasteiger partial charge in [0.05, 0.1) is 19.1 Å². The summed E-state index contributed by atoms with van der Waals surface area (Å²) in [5, 5.41) is 11.0. The number of rotatable bonds is 6. The molecule has 0 aliphatic carbocycles. The van der Waals surface area contributed by atoms with Gasteiger partial charge in [0, 0.05) is 22.8 Å². The number of hydrogen-bond donors (Lipinski definition) is 0. The first kappa shape index (κ1) is 17.2. The van der Waals surface area contributed by atoms with Crippen LogP contribution in [0.2, 0.25) is 0 Å². The molecule has 0 fully saturated rings. The van der Waals surface area contributed by atoms with E-state index in [1.807, 2.05) is 0 Å². The first-order valence-electron chi connectivity index (χ1n) is 7.15. The fourth-order valence-corrected chi connectivity index (χ4v) is 2.19. The highest BCUT2D eigenvalue weighted by Gasteiger charge is 2.13. The quantitative estimate of drug-likeness (QED) is 0.349. The van der Waals surface area contributed by atoms with Crippen molar-refractivity contribution in [2.24, 2.45) is 0 Å². The van der Waals surface area contributed by atoms with Crippen molar-refractivity contribution in [2.75, 3.05) is 14.2 Å². The topological polar surface area (TPSA) is 78.7 Å². The first-order chi connectivity index (χ1) is 11.5. The lowest BCUT2D eigenvalue weighted by Gasteiger charge is -2.07. The Bertz CT molecular complexity index is 811. The van der Waals surface area contributed by atoms with Gasteiger partial charge >= 0.3 is 0 Å². The summed E-state index contributed by atoms with van der Waals surface area (Å²) >= 11 is 0. The van der Waals surface area contributed by atoms with Gasteiger partial charge < -0.3 is 9.47 Å². The molecule has 0 atom stereocenters. The van der Waals surface area contributed by atoms with Gasteiger partial charge in [-0.1, -0.05) is 12.1 Å². The van der Waals surface area contributed by atoms with Crippen molar-refractivity contribution in [2.45, 2.75) is 6.92 Å². The largest absolute Gasteiger partial charge is 0.497 e. The minimum absolute atomic E-state index is 0.0757. The summed E-state index contributed by atoms with van der Waals surface area (Å²) < 4.78 is 10.4. The summed E-state index contributed by atoms with van der Waals surface area (Å²) in [5.41, 5.74) is 1.36. The molecule has 2 aromatic rings. The Balaban J connectivity index is 2.31. The SMILES string of the molecule is COc1ccc(OC)c(C=CC(=O)c2ccc(C)c([N+](=O)[O-])c2)c1. The molecule has 0 aromatic heterocycles. The Hall–Kier alpha value is -3.15. The van der Waals surface area contributed by atoms with Crippen molar-refractivity contribution in [1.82, 2.24) is 0 Å². The summed E-state index contributed by atoms with van der Waals surface area (Å²) in [5.74, 6) is 0.895. The van der Waals surface area contributed by atoms with E-state index >= 15 is 0 Å². The van der Waals surface area contributed by atoms with Crippen LogP contribution in [0, 0.1) is 17.0 Å². The maximum absolute atomic E-state index is 12.3. The van der Waals surface area contributed by atoms with Crippen molar-refractivity contribution in [3.05, 3.63) is 69.3 Å². The number of aryl methyl sites for hydroxylation is 1. The van der Waals surface area contributed by atoms with Crippen LogP contribution in [0.5, 0.6) is 11.5 Å². The van der Waals surface area contributed by atoms with Crippen LogP contribution in [-0.4, -0.2) is 24.9 Å². The molecule has 0 saturated carbocycles. The fraction of sp³-hybridized carbons (Fsp3) is 0.167. The molecule has 2 aromatic carbocycles. The maximum atomic E-state index is 12.3. The standard InChI is InChI=1S/C18H17NO5/c1-12-4-5-13(11-16(12)19(21)22)17(20)8-6-14-10-15(23-2)7-9-18(14)24-3/h4-11H,1-3H3. The van der Waals surface area contributed by atoms with E-state index in [-0.39, 0.29) is 17.0 Å². The van der Waals surface area contributed by atoms with Gasteiger partial charge in [-0.05, 0) is 37.3 Å². The van der Waals surface area contributed by atoms with Crippen LogP contribution in [-0.2, 0) is 0 Å². The summed E-state index contributed by atoms with van der Waals surface area (Å²) in [6, 6.07) is 9.63. The highest BCUT2D eigenvalue weighted by atomic mass is 16.6. The van der Waals surface area contributed by atoms with Gasteiger partial charge in [0.15, 0.2) is 5.78 Å². The van der Waals surface area contributed by atoms with E-state index in [1.54, 1.807) is 50.4 Å². The number of ketones is 1. The zero-order valence-corrected chi connectivity index (χ0v) is 13.6. The van der Waals surface area contributed by atoms with E-state index in [9.17, 15) is 14.9 Å². The van der Waals surface area contributed by atoms with Gasteiger partial charge in [-0.25, -0.2) is 0 Å². The third kappa shape index (κ3) is 3.78. The molecule has 6 nitrogen and oxygen atoms in total. The number of allylic oxidation sites excluding steroid dienone is 1. The number of carbonyl (C=O) groups excluding carboxylic acids is 1. The minimum Gasteiger partial charge on any atom is -0.497 e. The second-order valence-corrected chi connectivity index (χ2v) is 5.06. The lowest BCUT2D eigenvalue weighted by molar-refractivity contribution is -0.385. The average Bonchev–Trinajstić information content (AvgIpc) is 2.59. The van der Waals surface area contributed by atoms with Crippen LogP contribution in [0.4, 0.5) is 5.69 Å². The van der Waals surface area contributed by atoms with Crippen molar-refractivity contribution in [3.8, 4) is 11.5 Å². The number of carbonyl (C=O) groups is 1. The van der Waals surface area contributed by atoms with Crippen LogP contribution in [0.3, 0.4) is 0 Å². The Morgan fingerprint density at radius 1 is 1.12 bits per heavy atom. The molecule has 0 saturated heterocycles. The molecule has 24 heavy (non-hydrogen) atoms. The highest BCUT2D eigenvalue weighted by Crippen LogP contribution is 2.25. The van der Waals surface area contributed by atoms with Crippen LogP contribution < -0.4 is 9.47 Å². The van der Waals surface area contributed by atoms with Crippen LogP contribution in [0.25, 0.3) is 6.08 Å². The van der Waals surface area contributed by atoms with Crippen LogP contribution >= 0.6 is 0 Å². The molecule has 0 amide bonds. The Labute approximate surface area is 139 Å². The number of benzene rings is 2. The molecule has 6 heteroatoms. The molecule has 0 radical (unpaired) electrons. The zero-order valence-electron chi connectivity index (χ0n) is 13.6. The van der Waals surface area contributed by atoms with Gasteiger partial charge in [0.2, 0.25) is 0 Å². The van der Waals surface area contributed by atoms with E-state index in [4.69, 9.17) is 9.47 Å². The predicted molar refractivity (Wildman–Crippen MR) is 90.7 cm³/mol. The lowest BCUT2D eigenvalue weighted by atomic mass is 10.1. The average molecular weight is 327 g/mol. The smallest absolute Gasteiger partial charge is 0.273 e. The Kier molecular flexibility index (Phi) is 5.31. The fourth-order valence-electron chi connectivity index (χ4n) is 2.19. The number of nitrogens with zero attached hydrogens (tertiary/aromatic N) is 1. The predicted octanol–water partition coefficient (Wildman–Crippen LogP) is 3.82. The van der Waals surface area contributed by atoms with E-state index in [0.29, 0.717) is 22.6 Å². The van der Waals surface area contributed by atoms with Crippen molar-refractivity contribution < 1.29 is 19.2 Å².